The van der Waals surface area contributed by atoms with Gasteiger partial charge in [-0.05, 0) is 31.0 Å². The molecule has 23 heavy (non-hydrogen) atoms. The second-order valence-electron chi connectivity index (χ2n) is 5.25. The molecule has 2 aromatic rings. The molecule has 1 aromatic carbocycles. The Balaban J connectivity index is 2.56. The number of hydrogen-bond acceptors (Lipinski definition) is 4. The van der Waals surface area contributed by atoms with Gasteiger partial charge in [0.15, 0.2) is 0 Å². The second kappa shape index (κ2) is 7.41. The Morgan fingerprint density at radius 2 is 2.04 bits per heavy atom. The number of pyridine rings is 1. The van der Waals surface area contributed by atoms with Crippen LogP contribution in [0.2, 0.25) is 0 Å². The third kappa shape index (κ3) is 3.49. The number of nitriles is 1. The first kappa shape index (κ1) is 16.5. The molecular weight excluding hydrogens is 290 g/mol. The number of hydrogen-bond donors (Lipinski definition) is 1. The molecular formula is C18H19N3O2. The Bertz CT molecular complexity index is 815. The molecule has 0 atom stereocenters. The van der Waals surface area contributed by atoms with Crippen LogP contribution < -0.4 is 5.56 Å². The second-order valence-corrected chi connectivity index (χ2v) is 5.25. The van der Waals surface area contributed by atoms with Gasteiger partial charge in [-0.15, -0.1) is 0 Å². The van der Waals surface area contributed by atoms with Gasteiger partial charge in [-0.2, -0.15) is 5.26 Å². The van der Waals surface area contributed by atoms with E-state index in [1.807, 2.05) is 43.3 Å². The van der Waals surface area contributed by atoms with Crippen molar-refractivity contribution in [1.82, 2.24) is 4.57 Å². The highest BCUT2D eigenvalue weighted by Gasteiger charge is 2.17. The van der Waals surface area contributed by atoms with Gasteiger partial charge in [-0.1, -0.05) is 31.5 Å². The topological polar surface area (TPSA) is 78.4 Å². The molecule has 0 saturated heterocycles. The van der Waals surface area contributed by atoms with Crippen molar-refractivity contribution in [3.63, 3.8) is 0 Å². The minimum Gasteiger partial charge on any atom is -0.494 e. The average molecular weight is 309 g/mol. The first-order chi connectivity index (χ1) is 11.1. The third-order valence-corrected chi connectivity index (χ3v) is 3.68. The summed E-state index contributed by atoms with van der Waals surface area (Å²) >= 11 is 0. The maximum absolute atomic E-state index is 12.3. The summed E-state index contributed by atoms with van der Waals surface area (Å²) in [5, 5.41) is 19.7. The third-order valence-electron chi connectivity index (χ3n) is 3.68. The van der Waals surface area contributed by atoms with Crippen LogP contribution in [-0.4, -0.2) is 15.9 Å². The number of nitrogens with zero attached hydrogens (tertiary/aromatic N) is 3. The lowest BCUT2D eigenvalue weighted by Crippen LogP contribution is -2.25. The molecule has 1 N–H and O–H groups in total. The van der Waals surface area contributed by atoms with Crippen molar-refractivity contribution < 1.29 is 5.11 Å². The monoisotopic (exact) mass is 309 g/mol. The van der Waals surface area contributed by atoms with Gasteiger partial charge in [-0.25, -0.2) is 0 Å². The lowest BCUT2D eigenvalue weighted by Gasteiger charge is -2.13. The van der Waals surface area contributed by atoms with Gasteiger partial charge in [0.1, 0.15) is 11.6 Å². The molecule has 1 aromatic heterocycles. The molecule has 1 heterocycles. The van der Waals surface area contributed by atoms with Crippen molar-refractivity contribution in [3.8, 4) is 11.9 Å². The van der Waals surface area contributed by atoms with Crippen molar-refractivity contribution in [3.05, 3.63) is 57.4 Å². The summed E-state index contributed by atoms with van der Waals surface area (Å²) in [5.74, 6) is -0.139. The predicted octanol–water partition coefficient (Wildman–Crippen LogP) is 3.28. The van der Waals surface area contributed by atoms with Crippen LogP contribution in [0.25, 0.3) is 0 Å². The van der Waals surface area contributed by atoms with Crippen molar-refractivity contribution in [2.24, 2.45) is 4.99 Å². The van der Waals surface area contributed by atoms with Crippen LogP contribution in [0.5, 0.6) is 5.88 Å². The van der Waals surface area contributed by atoms with Crippen molar-refractivity contribution in [2.75, 3.05) is 0 Å². The summed E-state index contributed by atoms with van der Waals surface area (Å²) in [7, 11) is 0. The van der Waals surface area contributed by atoms with E-state index >= 15 is 0 Å². The maximum Gasteiger partial charge on any atom is 0.271 e. The number of unbranched alkanes of at least 4 members (excludes halogenated alkanes) is 1. The molecule has 0 aliphatic rings. The normalized spacial score (nSPS) is 10.8. The lowest BCUT2D eigenvalue weighted by molar-refractivity contribution is 0.400. The largest absolute Gasteiger partial charge is 0.494 e. The Labute approximate surface area is 135 Å². The van der Waals surface area contributed by atoms with E-state index in [1.54, 1.807) is 6.92 Å². The number of para-hydroxylation sites is 1. The predicted molar refractivity (Wildman–Crippen MR) is 90.4 cm³/mol. The summed E-state index contributed by atoms with van der Waals surface area (Å²) < 4.78 is 1.25. The van der Waals surface area contributed by atoms with Gasteiger partial charge < -0.3 is 5.11 Å². The van der Waals surface area contributed by atoms with E-state index in [0.29, 0.717) is 17.7 Å². The Kier molecular flexibility index (Phi) is 5.32. The summed E-state index contributed by atoms with van der Waals surface area (Å²) in [6.45, 7) is 4.03. The van der Waals surface area contributed by atoms with E-state index in [0.717, 1.165) is 18.5 Å². The molecule has 5 nitrogen and oxygen atoms in total. The van der Waals surface area contributed by atoms with Crippen LogP contribution in [0.4, 0.5) is 5.69 Å². The summed E-state index contributed by atoms with van der Waals surface area (Å²) in [4.78, 5) is 16.6. The van der Waals surface area contributed by atoms with Crippen LogP contribution in [0.3, 0.4) is 0 Å². The molecule has 0 fully saturated rings. The van der Waals surface area contributed by atoms with E-state index in [4.69, 9.17) is 0 Å². The van der Waals surface area contributed by atoms with Gasteiger partial charge in [0.25, 0.3) is 5.56 Å². The minimum absolute atomic E-state index is 0.0495. The quantitative estimate of drug-likeness (QED) is 0.861. The van der Waals surface area contributed by atoms with Gasteiger partial charge in [0.2, 0.25) is 5.88 Å². The SMILES string of the molecule is CCCCn1c(O)c(C=Nc2ccccc2)c(C)c(C#N)c1=O. The van der Waals surface area contributed by atoms with E-state index in [1.165, 1.54) is 10.8 Å². The zero-order valence-corrected chi connectivity index (χ0v) is 13.3. The number of aromatic hydroxyl groups is 1. The van der Waals surface area contributed by atoms with Crippen LogP contribution in [0.15, 0.2) is 40.1 Å². The maximum atomic E-state index is 12.3. The number of aliphatic imine (C=N–C) groups is 1. The Morgan fingerprint density at radius 3 is 2.65 bits per heavy atom. The highest BCUT2D eigenvalue weighted by molar-refractivity contribution is 5.87. The van der Waals surface area contributed by atoms with Gasteiger partial charge in [-0.3, -0.25) is 14.4 Å². The molecule has 0 bridgehead atoms. The molecule has 0 aliphatic carbocycles. The van der Waals surface area contributed by atoms with Crippen LogP contribution in [0.1, 0.15) is 36.5 Å². The Morgan fingerprint density at radius 1 is 1.35 bits per heavy atom. The van der Waals surface area contributed by atoms with Crippen molar-refractivity contribution in [2.45, 2.75) is 33.2 Å². The number of aromatic nitrogens is 1. The van der Waals surface area contributed by atoms with Gasteiger partial charge in [0.05, 0.1) is 11.3 Å². The fourth-order valence-corrected chi connectivity index (χ4v) is 2.30. The first-order valence-corrected chi connectivity index (χ1v) is 7.55. The van der Waals surface area contributed by atoms with Crippen molar-refractivity contribution in [1.29, 1.82) is 5.26 Å². The van der Waals surface area contributed by atoms with E-state index < -0.39 is 5.56 Å². The number of rotatable bonds is 5. The molecule has 0 saturated carbocycles. The van der Waals surface area contributed by atoms with Crippen LogP contribution in [0, 0.1) is 18.3 Å². The molecule has 0 unspecified atom stereocenters. The zero-order chi connectivity index (χ0) is 16.8. The van der Waals surface area contributed by atoms with Crippen LogP contribution in [-0.2, 0) is 6.54 Å². The first-order valence-electron chi connectivity index (χ1n) is 7.55. The molecule has 0 spiro atoms. The standard InChI is InChI=1S/C18H19N3O2/c1-3-4-10-21-17(22)15(11-19)13(2)16(18(21)23)12-20-14-8-6-5-7-9-14/h5-9,12,23H,3-4,10H2,1-2H3. The highest BCUT2D eigenvalue weighted by atomic mass is 16.3. The fourth-order valence-electron chi connectivity index (χ4n) is 2.30. The molecule has 5 heteroatoms. The minimum atomic E-state index is -0.451. The summed E-state index contributed by atoms with van der Waals surface area (Å²) in [6.07, 6.45) is 3.13. The van der Waals surface area contributed by atoms with E-state index in [-0.39, 0.29) is 11.4 Å². The van der Waals surface area contributed by atoms with Crippen molar-refractivity contribution >= 4 is 11.9 Å². The van der Waals surface area contributed by atoms with E-state index in [9.17, 15) is 15.2 Å². The van der Waals surface area contributed by atoms with Crippen LogP contribution >= 0.6 is 0 Å². The smallest absolute Gasteiger partial charge is 0.271 e. The lowest BCUT2D eigenvalue weighted by atomic mass is 10.1. The Hall–Kier alpha value is -2.87. The number of benzene rings is 1. The molecule has 0 radical (unpaired) electrons. The molecule has 2 rings (SSSR count). The van der Waals surface area contributed by atoms with E-state index in [2.05, 4.69) is 4.99 Å². The fraction of sp³-hybridized carbons (Fsp3) is 0.278. The van der Waals surface area contributed by atoms with Gasteiger partial charge in [0, 0.05) is 12.8 Å². The zero-order valence-electron chi connectivity index (χ0n) is 13.3. The summed E-state index contributed by atoms with van der Waals surface area (Å²) in [5.41, 5.74) is 1.18. The highest BCUT2D eigenvalue weighted by Crippen LogP contribution is 2.21. The van der Waals surface area contributed by atoms with Gasteiger partial charge >= 0.3 is 0 Å². The summed E-state index contributed by atoms with van der Waals surface area (Å²) in [6, 6.07) is 11.2. The average Bonchev–Trinajstić information content (AvgIpc) is 2.56. The molecule has 118 valence electrons. The molecule has 0 aliphatic heterocycles. The molecule has 0 amide bonds.